The van der Waals surface area contributed by atoms with E-state index < -0.39 is 8.32 Å². The van der Waals surface area contributed by atoms with Crippen molar-refractivity contribution >= 4 is 14.6 Å². The molecule has 0 heterocycles. The zero-order valence-electron chi connectivity index (χ0n) is 12.2. The summed E-state index contributed by atoms with van der Waals surface area (Å²) in [5.74, 6) is 0.842. The van der Waals surface area contributed by atoms with E-state index in [9.17, 15) is 4.79 Å². The van der Waals surface area contributed by atoms with Gasteiger partial charge in [-0.15, -0.1) is 6.58 Å². The quantitative estimate of drug-likeness (QED) is 0.375. The molecule has 0 spiro atoms. The fourth-order valence-electron chi connectivity index (χ4n) is 3.26. The van der Waals surface area contributed by atoms with Crippen molar-refractivity contribution in [3.8, 4) is 0 Å². The van der Waals surface area contributed by atoms with Crippen LogP contribution in [0.1, 0.15) is 40.0 Å². The van der Waals surface area contributed by atoms with E-state index in [1.54, 1.807) is 0 Å². The molecule has 1 saturated carbocycles. The van der Waals surface area contributed by atoms with E-state index in [2.05, 4.69) is 27.4 Å². The van der Waals surface area contributed by atoms with E-state index in [0.29, 0.717) is 24.4 Å². The number of carbonyl (C=O) groups excluding carboxylic acids is 1. The summed E-state index contributed by atoms with van der Waals surface area (Å²) in [6, 6.07) is 3.55. The zero-order valence-corrected chi connectivity index (χ0v) is 13.2. The Morgan fingerprint density at radius 2 is 1.83 bits per heavy atom. The maximum atomic E-state index is 10.9. The molecule has 0 unspecified atom stereocenters. The van der Waals surface area contributed by atoms with E-state index in [0.717, 1.165) is 19.1 Å². The van der Waals surface area contributed by atoms with Crippen molar-refractivity contribution < 1.29 is 9.22 Å². The Morgan fingerprint density at radius 1 is 1.22 bits per heavy atom. The van der Waals surface area contributed by atoms with Crippen LogP contribution in [0.5, 0.6) is 0 Å². The maximum Gasteiger partial charge on any atom is 0.192 e. The molecule has 0 aromatic heterocycles. The molecule has 0 radical (unpaired) electrons. The molecule has 1 aliphatic rings. The first-order chi connectivity index (χ1) is 8.66. The summed E-state index contributed by atoms with van der Waals surface area (Å²) in [5.41, 5.74) is 0. The Labute approximate surface area is 113 Å². The molecule has 1 rings (SSSR count). The summed E-state index contributed by atoms with van der Waals surface area (Å²) in [6.45, 7) is 10.7. The van der Waals surface area contributed by atoms with Gasteiger partial charge in [0.2, 0.25) is 0 Å². The fourth-order valence-corrected chi connectivity index (χ4v) is 6.19. The first kappa shape index (κ1) is 15.6. The van der Waals surface area contributed by atoms with Crippen molar-refractivity contribution in [2.75, 3.05) is 0 Å². The minimum Gasteiger partial charge on any atom is -0.414 e. The first-order valence-electron chi connectivity index (χ1n) is 7.40. The lowest BCUT2D eigenvalue weighted by Crippen LogP contribution is -2.41. The molecule has 104 valence electrons. The van der Waals surface area contributed by atoms with Crippen LogP contribution in [0.25, 0.3) is 0 Å². The van der Waals surface area contributed by atoms with E-state index in [-0.39, 0.29) is 0 Å². The molecule has 1 aliphatic carbocycles. The lowest BCUT2D eigenvalue weighted by molar-refractivity contribution is -0.109. The molecule has 1 fully saturated rings. The van der Waals surface area contributed by atoms with Gasteiger partial charge in [0.1, 0.15) is 6.29 Å². The van der Waals surface area contributed by atoms with E-state index >= 15 is 0 Å². The number of hydrogen-bond acceptors (Lipinski definition) is 2. The lowest BCUT2D eigenvalue weighted by Gasteiger charge is -2.34. The molecule has 0 aromatic carbocycles. The molecule has 0 amide bonds. The maximum absolute atomic E-state index is 10.9. The van der Waals surface area contributed by atoms with Gasteiger partial charge in [-0.25, -0.2) is 0 Å². The van der Waals surface area contributed by atoms with Crippen molar-refractivity contribution in [2.24, 2.45) is 11.8 Å². The molecule has 0 aliphatic heterocycles. The zero-order chi connectivity index (χ0) is 13.6. The second-order valence-corrected chi connectivity index (χ2v) is 10.2. The van der Waals surface area contributed by atoms with Crippen molar-refractivity contribution in [1.29, 1.82) is 0 Å². The van der Waals surface area contributed by atoms with Gasteiger partial charge in [-0.1, -0.05) is 26.8 Å². The van der Waals surface area contributed by atoms with Gasteiger partial charge in [-0.2, -0.15) is 0 Å². The van der Waals surface area contributed by atoms with Crippen molar-refractivity contribution in [1.82, 2.24) is 0 Å². The van der Waals surface area contributed by atoms with Crippen LogP contribution in [0, 0.1) is 11.8 Å². The number of allylic oxidation sites excluding steroid dienone is 1. The second-order valence-electron chi connectivity index (χ2n) is 5.44. The Morgan fingerprint density at radius 3 is 2.28 bits per heavy atom. The molecule has 3 heteroatoms. The summed E-state index contributed by atoms with van der Waals surface area (Å²) < 4.78 is 6.58. The normalized spacial score (nSPS) is 28.3. The van der Waals surface area contributed by atoms with Crippen LogP contribution in [-0.4, -0.2) is 20.7 Å². The van der Waals surface area contributed by atoms with Crippen molar-refractivity contribution in [3.63, 3.8) is 0 Å². The molecule has 3 atom stereocenters. The molecule has 18 heavy (non-hydrogen) atoms. The monoisotopic (exact) mass is 268 g/mol. The summed E-state index contributed by atoms with van der Waals surface area (Å²) in [7, 11) is -1.55. The highest BCUT2D eigenvalue weighted by Gasteiger charge is 2.40. The molecule has 0 aromatic rings. The fraction of sp³-hybridized carbons (Fsp3) is 0.800. The third-order valence-corrected chi connectivity index (χ3v) is 9.49. The minimum atomic E-state index is -1.55. The topological polar surface area (TPSA) is 26.3 Å². The Kier molecular flexibility index (Phi) is 6.30. The van der Waals surface area contributed by atoms with Gasteiger partial charge in [0.25, 0.3) is 0 Å². The van der Waals surface area contributed by atoms with Crippen LogP contribution in [0.3, 0.4) is 0 Å². The van der Waals surface area contributed by atoms with Crippen LogP contribution in [-0.2, 0) is 9.22 Å². The Bertz CT molecular complexity index is 265. The molecule has 0 bridgehead atoms. The van der Waals surface area contributed by atoms with Gasteiger partial charge in [-0.05, 0) is 42.8 Å². The molecule has 2 nitrogen and oxygen atoms in total. The highest BCUT2D eigenvalue weighted by Crippen LogP contribution is 2.39. The van der Waals surface area contributed by atoms with E-state index in [1.807, 2.05) is 6.08 Å². The van der Waals surface area contributed by atoms with Gasteiger partial charge >= 0.3 is 0 Å². The van der Waals surface area contributed by atoms with Crippen molar-refractivity contribution in [2.45, 2.75) is 64.3 Å². The molecule has 0 N–H and O–H groups in total. The number of aldehydes is 1. The van der Waals surface area contributed by atoms with Crippen molar-refractivity contribution in [3.05, 3.63) is 12.7 Å². The summed E-state index contributed by atoms with van der Waals surface area (Å²) >= 11 is 0. The molecular weight excluding hydrogens is 240 g/mol. The highest BCUT2D eigenvalue weighted by atomic mass is 28.4. The number of carbonyl (C=O) groups is 1. The predicted octanol–water partition coefficient (Wildman–Crippen LogP) is 4.18. The number of rotatable bonds is 8. The first-order valence-corrected chi connectivity index (χ1v) is 9.93. The Balaban J connectivity index is 2.75. The van der Waals surface area contributed by atoms with E-state index in [4.69, 9.17) is 4.43 Å². The Hall–Kier alpha value is -0.413. The van der Waals surface area contributed by atoms with E-state index in [1.165, 1.54) is 18.1 Å². The van der Waals surface area contributed by atoms with Gasteiger partial charge in [-0.3, -0.25) is 0 Å². The average molecular weight is 268 g/mol. The third-order valence-electron chi connectivity index (χ3n) is 4.82. The van der Waals surface area contributed by atoms with Gasteiger partial charge < -0.3 is 9.22 Å². The highest BCUT2D eigenvalue weighted by molar-refractivity contribution is 6.73. The van der Waals surface area contributed by atoms with Crippen LogP contribution in [0.2, 0.25) is 18.1 Å². The van der Waals surface area contributed by atoms with Crippen LogP contribution < -0.4 is 0 Å². The van der Waals surface area contributed by atoms with Gasteiger partial charge in [0, 0.05) is 12.5 Å². The van der Waals surface area contributed by atoms with Crippen LogP contribution in [0.4, 0.5) is 0 Å². The SMILES string of the molecule is C=C[C@H]1CC[C@@H](O[Si](CC)(CC)CC)[C@H]1CC=O. The average Bonchev–Trinajstić information content (AvgIpc) is 2.79. The minimum absolute atomic E-state index is 0.296. The predicted molar refractivity (Wildman–Crippen MR) is 79.2 cm³/mol. The second kappa shape index (κ2) is 7.24. The molecular formula is C15H28O2Si. The number of hydrogen-bond donors (Lipinski definition) is 0. The summed E-state index contributed by atoms with van der Waals surface area (Å²) in [4.78, 5) is 10.9. The van der Waals surface area contributed by atoms with Gasteiger partial charge in [0.05, 0.1) is 0 Å². The smallest absolute Gasteiger partial charge is 0.192 e. The largest absolute Gasteiger partial charge is 0.414 e. The lowest BCUT2D eigenvalue weighted by atomic mass is 9.92. The summed E-state index contributed by atoms with van der Waals surface area (Å²) in [5, 5.41) is 0. The standard InChI is InChI=1S/C15H28O2Si/c1-5-13-9-10-15(14(13)11-12-16)17-18(6-2,7-3)8-4/h5,12-15H,1,6-11H2,2-4H3/t13-,14-,15+/m0/s1. The third kappa shape index (κ3) is 3.32. The van der Waals surface area contributed by atoms with Crippen LogP contribution >= 0.6 is 0 Å². The van der Waals surface area contributed by atoms with Crippen LogP contribution in [0.15, 0.2) is 12.7 Å². The summed E-state index contributed by atoms with van der Waals surface area (Å²) in [6.07, 6.45) is 6.23. The molecule has 0 saturated heterocycles. The van der Waals surface area contributed by atoms with Gasteiger partial charge in [0.15, 0.2) is 8.32 Å².